The number of rotatable bonds is 4. The second-order valence-electron chi connectivity index (χ2n) is 5.58. The van der Waals surface area contributed by atoms with Crippen molar-refractivity contribution in [3.8, 4) is 11.5 Å². The van der Waals surface area contributed by atoms with Crippen molar-refractivity contribution in [2.45, 2.75) is 32.6 Å². The molecule has 0 radical (unpaired) electrons. The first-order chi connectivity index (χ1) is 10.2. The van der Waals surface area contributed by atoms with E-state index in [4.69, 9.17) is 4.42 Å². The Bertz CT molecular complexity index is 586. The van der Waals surface area contributed by atoms with E-state index < -0.39 is 0 Å². The van der Waals surface area contributed by atoms with Gasteiger partial charge in [-0.2, -0.15) is 11.3 Å². The predicted molar refractivity (Wildman–Crippen MR) is 80.9 cm³/mol. The summed E-state index contributed by atoms with van der Waals surface area (Å²) < 4.78 is 5.60. The highest BCUT2D eigenvalue weighted by Crippen LogP contribution is 2.21. The zero-order chi connectivity index (χ0) is 14.7. The number of amides is 1. The molecule has 0 unspecified atom stereocenters. The van der Waals surface area contributed by atoms with E-state index >= 15 is 0 Å². The summed E-state index contributed by atoms with van der Waals surface area (Å²) in [5, 5.41) is 12.0. The highest BCUT2D eigenvalue weighted by atomic mass is 32.1. The van der Waals surface area contributed by atoms with Crippen molar-refractivity contribution in [1.82, 2.24) is 15.1 Å². The number of carbonyl (C=O) groups is 1. The number of likely N-dealkylation sites (tertiary alicyclic amines) is 1. The second kappa shape index (κ2) is 6.39. The van der Waals surface area contributed by atoms with Gasteiger partial charge in [0.05, 0.1) is 0 Å². The molecule has 112 valence electrons. The molecule has 1 aliphatic rings. The first-order valence-electron chi connectivity index (χ1n) is 7.35. The Morgan fingerprint density at radius 2 is 2.24 bits per heavy atom. The van der Waals surface area contributed by atoms with Gasteiger partial charge in [-0.3, -0.25) is 4.79 Å². The zero-order valence-corrected chi connectivity index (χ0v) is 12.9. The fourth-order valence-electron chi connectivity index (χ4n) is 2.49. The monoisotopic (exact) mass is 305 g/mol. The quantitative estimate of drug-likeness (QED) is 0.871. The summed E-state index contributed by atoms with van der Waals surface area (Å²) in [4.78, 5) is 14.1. The molecule has 0 atom stereocenters. The molecule has 1 saturated heterocycles. The second-order valence-corrected chi connectivity index (χ2v) is 6.36. The van der Waals surface area contributed by atoms with Crippen LogP contribution in [0.1, 0.15) is 32.1 Å². The first kappa shape index (κ1) is 14.3. The standard InChI is InChI=1S/C15H19N3O2S/c1-11-4-7-18(8-5-11)14(19)3-2-13-16-17-15(20-13)12-6-9-21-10-12/h6,9-11H,2-5,7-8H2,1H3. The van der Waals surface area contributed by atoms with Crippen LogP contribution in [-0.4, -0.2) is 34.1 Å². The van der Waals surface area contributed by atoms with Crippen molar-refractivity contribution < 1.29 is 9.21 Å². The Morgan fingerprint density at radius 3 is 2.95 bits per heavy atom. The number of thiophene rings is 1. The minimum atomic E-state index is 0.192. The van der Waals surface area contributed by atoms with Crippen molar-refractivity contribution in [2.75, 3.05) is 13.1 Å². The summed E-state index contributed by atoms with van der Waals surface area (Å²) in [6.07, 6.45) is 3.17. The van der Waals surface area contributed by atoms with E-state index in [-0.39, 0.29) is 5.91 Å². The molecule has 21 heavy (non-hydrogen) atoms. The van der Waals surface area contributed by atoms with Gasteiger partial charge in [-0.1, -0.05) is 6.92 Å². The maximum atomic E-state index is 12.2. The van der Waals surface area contributed by atoms with Gasteiger partial charge in [0.2, 0.25) is 17.7 Å². The topological polar surface area (TPSA) is 59.2 Å². The molecule has 3 heterocycles. The van der Waals surface area contributed by atoms with E-state index in [2.05, 4.69) is 17.1 Å². The summed E-state index contributed by atoms with van der Waals surface area (Å²) in [5.41, 5.74) is 0.940. The normalized spacial score (nSPS) is 16.3. The van der Waals surface area contributed by atoms with E-state index in [9.17, 15) is 4.79 Å². The molecule has 1 fully saturated rings. The highest BCUT2D eigenvalue weighted by Gasteiger charge is 2.20. The maximum absolute atomic E-state index is 12.2. The molecule has 6 heteroatoms. The van der Waals surface area contributed by atoms with Crippen molar-refractivity contribution in [2.24, 2.45) is 5.92 Å². The summed E-state index contributed by atoms with van der Waals surface area (Å²) >= 11 is 1.59. The van der Waals surface area contributed by atoms with Crippen LogP contribution in [-0.2, 0) is 11.2 Å². The van der Waals surface area contributed by atoms with Crippen molar-refractivity contribution in [3.63, 3.8) is 0 Å². The first-order valence-corrected chi connectivity index (χ1v) is 8.29. The van der Waals surface area contributed by atoms with Gasteiger partial charge in [0.15, 0.2) is 0 Å². The molecule has 1 aliphatic heterocycles. The zero-order valence-electron chi connectivity index (χ0n) is 12.1. The largest absolute Gasteiger partial charge is 0.421 e. The van der Waals surface area contributed by atoms with Crippen LogP contribution in [0.4, 0.5) is 0 Å². The molecule has 2 aromatic heterocycles. The number of aryl methyl sites for hydroxylation is 1. The smallest absolute Gasteiger partial charge is 0.248 e. The van der Waals surface area contributed by atoms with Crippen molar-refractivity contribution >= 4 is 17.2 Å². The molecular formula is C15H19N3O2S. The van der Waals surface area contributed by atoms with Crippen LogP contribution in [0.25, 0.3) is 11.5 Å². The number of aromatic nitrogens is 2. The molecule has 0 bridgehead atoms. The van der Waals surface area contributed by atoms with Crippen LogP contribution >= 0.6 is 11.3 Å². The number of hydrogen-bond donors (Lipinski definition) is 0. The number of carbonyl (C=O) groups excluding carboxylic acids is 1. The highest BCUT2D eigenvalue weighted by molar-refractivity contribution is 7.08. The van der Waals surface area contributed by atoms with E-state index in [0.717, 1.165) is 37.4 Å². The number of hydrogen-bond acceptors (Lipinski definition) is 5. The molecular weight excluding hydrogens is 286 g/mol. The van der Waals surface area contributed by atoms with Gasteiger partial charge in [0.1, 0.15) is 0 Å². The lowest BCUT2D eigenvalue weighted by Crippen LogP contribution is -2.38. The fourth-order valence-corrected chi connectivity index (χ4v) is 3.12. The molecule has 0 spiro atoms. The van der Waals surface area contributed by atoms with Crippen LogP contribution in [0.15, 0.2) is 21.2 Å². The third-order valence-electron chi connectivity index (χ3n) is 3.92. The molecule has 3 rings (SSSR count). The molecule has 0 aliphatic carbocycles. The molecule has 0 N–H and O–H groups in total. The average molecular weight is 305 g/mol. The van der Waals surface area contributed by atoms with Gasteiger partial charge in [0, 0.05) is 36.9 Å². The Hall–Kier alpha value is -1.69. The minimum absolute atomic E-state index is 0.192. The average Bonchev–Trinajstić information content (AvgIpc) is 3.16. The molecule has 0 saturated carbocycles. The van der Waals surface area contributed by atoms with Gasteiger partial charge in [-0.05, 0) is 30.2 Å². The Morgan fingerprint density at radius 1 is 1.43 bits per heavy atom. The molecule has 0 aromatic carbocycles. The lowest BCUT2D eigenvalue weighted by molar-refractivity contribution is -0.132. The van der Waals surface area contributed by atoms with E-state index in [0.29, 0.717) is 24.6 Å². The van der Waals surface area contributed by atoms with Gasteiger partial charge in [-0.15, -0.1) is 10.2 Å². The Labute approximate surface area is 128 Å². The lowest BCUT2D eigenvalue weighted by atomic mass is 9.99. The van der Waals surface area contributed by atoms with Crippen LogP contribution in [0.2, 0.25) is 0 Å². The van der Waals surface area contributed by atoms with Crippen LogP contribution in [0, 0.1) is 5.92 Å². The third kappa shape index (κ3) is 3.50. The van der Waals surface area contributed by atoms with Gasteiger partial charge < -0.3 is 9.32 Å². The fraction of sp³-hybridized carbons (Fsp3) is 0.533. The van der Waals surface area contributed by atoms with Gasteiger partial charge in [-0.25, -0.2) is 0 Å². The van der Waals surface area contributed by atoms with E-state index in [1.807, 2.05) is 21.7 Å². The van der Waals surface area contributed by atoms with Gasteiger partial charge >= 0.3 is 0 Å². The molecule has 2 aromatic rings. The lowest BCUT2D eigenvalue weighted by Gasteiger charge is -2.30. The van der Waals surface area contributed by atoms with Gasteiger partial charge in [0.25, 0.3) is 0 Å². The van der Waals surface area contributed by atoms with Crippen molar-refractivity contribution in [1.29, 1.82) is 0 Å². The van der Waals surface area contributed by atoms with E-state index in [1.54, 1.807) is 11.3 Å². The molecule has 5 nitrogen and oxygen atoms in total. The van der Waals surface area contributed by atoms with E-state index in [1.165, 1.54) is 0 Å². The Balaban J connectivity index is 1.52. The molecule has 1 amide bonds. The SMILES string of the molecule is CC1CCN(C(=O)CCc2nnc(-c3ccsc3)o2)CC1. The predicted octanol–water partition coefficient (Wildman–Crippen LogP) is 2.99. The number of piperidine rings is 1. The summed E-state index contributed by atoms with van der Waals surface area (Å²) in [5.74, 6) is 2.00. The third-order valence-corrected chi connectivity index (χ3v) is 4.61. The van der Waals surface area contributed by atoms with Crippen molar-refractivity contribution in [3.05, 3.63) is 22.7 Å². The summed E-state index contributed by atoms with van der Waals surface area (Å²) in [7, 11) is 0. The van der Waals surface area contributed by atoms with Crippen LogP contribution in [0.5, 0.6) is 0 Å². The summed E-state index contributed by atoms with van der Waals surface area (Å²) in [6.45, 7) is 4.00. The summed E-state index contributed by atoms with van der Waals surface area (Å²) in [6, 6.07) is 1.95. The van der Waals surface area contributed by atoms with Crippen LogP contribution < -0.4 is 0 Å². The number of nitrogens with zero attached hydrogens (tertiary/aromatic N) is 3. The minimum Gasteiger partial charge on any atom is -0.421 e. The maximum Gasteiger partial charge on any atom is 0.248 e. The van der Waals surface area contributed by atoms with Crippen LogP contribution in [0.3, 0.4) is 0 Å². The Kier molecular flexibility index (Phi) is 4.34.